The standard InChI is InChI=1S/C7H14N2O.C6H13N/c1-8-6-7(10)9-4-2-3-5-9;7-6-4-2-1-3-5-6/h8H,2-6H2,1H3;6H,1-5,7H2. The zero-order chi connectivity index (χ0) is 12.5. The van der Waals surface area contributed by atoms with E-state index in [1.165, 1.54) is 44.9 Å². The first-order valence-electron chi connectivity index (χ1n) is 6.92. The van der Waals surface area contributed by atoms with E-state index in [2.05, 4.69) is 5.32 Å². The lowest BCUT2D eigenvalue weighted by Gasteiger charge is -2.15. The van der Waals surface area contributed by atoms with Crippen molar-refractivity contribution in [3.8, 4) is 0 Å². The van der Waals surface area contributed by atoms with Gasteiger partial charge in [0, 0.05) is 19.1 Å². The molecule has 0 unspecified atom stereocenters. The van der Waals surface area contributed by atoms with Crippen LogP contribution in [0.15, 0.2) is 0 Å². The third-order valence-corrected chi connectivity index (χ3v) is 3.44. The first-order chi connectivity index (χ1) is 8.24. The van der Waals surface area contributed by atoms with E-state index >= 15 is 0 Å². The Hall–Kier alpha value is -0.610. The summed E-state index contributed by atoms with van der Waals surface area (Å²) >= 11 is 0. The Labute approximate surface area is 105 Å². The summed E-state index contributed by atoms with van der Waals surface area (Å²) in [5, 5.41) is 2.85. The molecular formula is C13H27N3O. The maximum Gasteiger partial charge on any atom is 0.236 e. The van der Waals surface area contributed by atoms with Gasteiger partial charge in [-0.2, -0.15) is 0 Å². The number of rotatable bonds is 2. The number of carbonyl (C=O) groups excluding carboxylic acids is 1. The highest BCUT2D eigenvalue weighted by atomic mass is 16.2. The van der Waals surface area contributed by atoms with Crippen molar-refractivity contribution >= 4 is 5.91 Å². The van der Waals surface area contributed by atoms with E-state index in [9.17, 15) is 4.79 Å². The highest BCUT2D eigenvalue weighted by molar-refractivity contribution is 5.78. The summed E-state index contributed by atoms with van der Waals surface area (Å²) in [6, 6.07) is 0.536. The summed E-state index contributed by atoms with van der Waals surface area (Å²) in [4.78, 5) is 13.0. The van der Waals surface area contributed by atoms with Crippen LogP contribution < -0.4 is 11.1 Å². The van der Waals surface area contributed by atoms with Crippen LogP contribution in [-0.2, 0) is 4.79 Å². The van der Waals surface area contributed by atoms with Crippen molar-refractivity contribution in [1.29, 1.82) is 0 Å². The molecule has 3 N–H and O–H groups in total. The van der Waals surface area contributed by atoms with E-state index in [-0.39, 0.29) is 5.91 Å². The SMILES string of the molecule is CNCC(=O)N1CCCC1.NC1CCCCC1. The van der Waals surface area contributed by atoms with Gasteiger partial charge in [0.25, 0.3) is 0 Å². The van der Waals surface area contributed by atoms with Crippen molar-refractivity contribution in [2.75, 3.05) is 26.7 Å². The topological polar surface area (TPSA) is 58.4 Å². The van der Waals surface area contributed by atoms with Crippen molar-refractivity contribution in [2.45, 2.75) is 51.0 Å². The van der Waals surface area contributed by atoms with Gasteiger partial charge < -0.3 is 16.0 Å². The summed E-state index contributed by atoms with van der Waals surface area (Å²) in [5.74, 6) is 0.236. The molecule has 1 amide bonds. The first kappa shape index (κ1) is 14.5. The smallest absolute Gasteiger partial charge is 0.236 e. The number of carbonyl (C=O) groups is 1. The molecule has 4 heteroatoms. The molecule has 2 rings (SSSR count). The van der Waals surface area contributed by atoms with E-state index in [1.54, 1.807) is 7.05 Å². The minimum Gasteiger partial charge on any atom is -0.342 e. The van der Waals surface area contributed by atoms with Gasteiger partial charge in [0.2, 0.25) is 5.91 Å². The van der Waals surface area contributed by atoms with Crippen LogP contribution in [0, 0.1) is 0 Å². The molecule has 100 valence electrons. The number of hydrogen-bond acceptors (Lipinski definition) is 3. The summed E-state index contributed by atoms with van der Waals surface area (Å²) in [6.07, 6.45) is 9.01. The fraction of sp³-hybridized carbons (Fsp3) is 0.923. The van der Waals surface area contributed by atoms with Crippen molar-refractivity contribution < 1.29 is 4.79 Å². The molecule has 1 saturated heterocycles. The van der Waals surface area contributed by atoms with E-state index in [4.69, 9.17) is 5.73 Å². The van der Waals surface area contributed by atoms with Crippen molar-refractivity contribution in [3.05, 3.63) is 0 Å². The van der Waals surface area contributed by atoms with Crippen LogP contribution in [0.25, 0.3) is 0 Å². The Morgan fingerprint density at radius 3 is 2.18 bits per heavy atom. The maximum atomic E-state index is 11.1. The molecule has 0 aromatic heterocycles. The monoisotopic (exact) mass is 241 g/mol. The number of hydrogen-bond donors (Lipinski definition) is 2. The van der Waals surface area contributed by atoms with Crippen LogP contribution in [0.3, 0.4) is 0 Å². The number of likely N-dealkylation sites (tertiary alicyclic amines) is 1. The van der Waals surface area contributed by atoms with Crippen molar-refractivity contribution in [1.82, 2.24) is 10.2 Å². The van der Waals surface area contributed by atoms with E-state index in [0.717, 1.165) is 13.1 Å². The average Bonchev–Trinajstić information content (AvgIpc) is 2.85. The predicted molar refractivity (Wildman–Crippen MR) is 70.8 cm³/mol. The number of likely N-dealkylation sites (N-methyl/N-ethyl adjacent to an activating group) is 1. The predicted octanol–water partition coefficient (Wildman–Crippen LogP) is 1.11. The molecule has 2 aliphatic rings. The largest absolute Gasteiger partial charge is 0.342 e. The fourth-order valence-electron chi connectivity index (χ4n) is 2.36. The van der Waals surface area contributed by atoms with Crippen LogP contribution in [0.4, 0.5) is 0 Å². The second-order valence-electron chi connectivity index (χ2n) is 5.02. The molecule has 0 atom stereocenters. The zero-order valence-corrected chi connectivity index (χ0v) is 11.1. The third-order valence-electron chi connectivity index (χ3n) is 3.44. The summed E-state index contributed by atoms with van der Waals surface area (Å²) in [7, 11) is 1.80. The highest BCUT2D eigenvalue weighted by Crippen LogP contribution is 2.14. The van der Waals surface area contributed by atoms with Crippen LogP contribution in [0.2, 0.25) is 0 Å². The fourth-order valence-corrected chi connectivity index (χ4v) is 2.36. The summed E-state index contributed by atoms with van der Waals surface area (Å²) in [6.45, 7) is 2.40. The second kappa shape index (κ2) is 8.48. The zero-order valence-electron chi connectivity index (χ0n) is 11.1. The second-order valence-corrected chi connectivity index (χ2v) is 5.02. The molecule has 0 aromatic rings. The lowest BCUT2D eigenvalue weighted by atomic mass is 9.97. The Morgan fingerprint density at radius 2 is 1.76 bits per heavy atom. The highest BCUT2D eigenvalue weighted by Gasteiger charge is 2.16. The number of nitrogens with two attached hydrogens (primary N) is 1. The lowest BCUT2D eigenvalue weighted by molar-refractivity contribution is -0.129. The van der Waals surface area contributed by atoms with E-state index in [1.807, 2.05) is 4.90 Å². The van der Waals surface area contributed by atoms with Crippen molar-refractivity contribution in [2.24, 2.45) is 5.73 Å². The molecule has 0 bridgehead atoms. The van der Waals surface area contributed by atoms with Crippen LogP contribution in [-0.4, -0.2) is 43.5 Å². The van der Waals surface area contributed by atoms with Gasteiger partial charge in [0.15, 0.2) is 0 Å². The minimum atomic E-state index is 0.236. The van der Waals surface area contributed by atoms with Gasteiger partial charge in [0.1, 0.15) is 0 Å². The molecule has 17 heavy (non-hydrogen) atoms. The molecule has 1 heterocycles. The molecular weight excluding hydrogens is 214 g/mol. The van der Waals surface area contributed by atoms with Crippen molar-refractivity contribution in [3.63, 3.8) is 0 Å². The molecule has 1 aliphatic heterocycles. The van der Waals surface area contributed by atoms with Crippen LogP contribution in [0.5, 0.6) is 0 Å². The Kier molecular flexibility index (Phi) is 7.21. The molecule has 4 nitrogen and oxygen atoms in total. The third kappa shape index (κ3) is 6.03. The first-order valence-corrected chi connectivity index (χ1v) is 6.92. The molecule has 2 fully saturated rings. The van der Waals surface area contributed by atoms with Gasteiger partial charge in [-0.1, -0.05) is 19.3 Å². The molecule has 1 aliphatic carbocycles. The van der Waals surface area contributed by atoms with E-state index < -0.39 is 0 Å². The Bertz CT molecular complexity index is 209. The summed E-state index contributed by atoms with van der Waals surface area (Å²) in [5.41, 5.74) is 5.63. The van der Waals surface area contributed by atoms with Crippen LogP contribution >= 0.6 is 0 Å². The Morgan fingerprint density at radius 1 is 1.18 bits per heavy atom. The quantitative estimate of drug-likeness (QED) is 0.761. The molecule has 0 radical (unpaired) electrons. The average molecular weight is 241 g/mol. The lowest BCUT2D eigenvalue weighted by Crippen LogP contribution is -2.34. The van der Waals surface area contributed by atoms with Crippen LogP contribution in [0.1, 0.15) is 44.9 Å². The van der Waals surface area contributed by atoms with Gasteiger partial charge >= 0.3 is 0 Å². The Balaban J connectivity index is 0.000000181. The van der Waals surface area contributed by atoms with Gasteiger partial charge in [-0.15, -0.1) is 0 Å². The van der Waals surface area contributed by atoms with Gasteiger partial charge in [-0.25, -0.2) is 0 Å². The normalized spacial score (nSPS) is 20.9. The molecule has 0 spiro atoms. The molecule has 0 aromatic carbocycles. The number of amides is 1. The summed E-state index contributed by atoms with van der Waals surface area (Å²) < 4.78 is 0. The van der Waals surface area contributed by atoms with Gasteiger partial charge in [-0.3, -0.25) is 4.79 Å². The number of nitrogens with zero attached hydrogens (tertiary/aromatic N) is 1. The minimum absolute atomic E-state index is 0.236. The number of nitrogens with one attached hydrogen (secondary N) is 1. The van der Waals surface area contributed by atoms with Gasteiger partial charge in [0.05, 0.1) is 6.54 Å². The maximum absolute atomic E-state index is 11.1. The van der Waals surface area contributed by atoms with E-state index in [0.29, 0.717) is 12.6 Å². The van der Waals surface area contributed by atoms with Gasteiger partial charge in [-0.05, 0) is 32.7 Å². The molecule has 1 saturated carbocycles.